The second-order valence-electron chi connectivity index (χ2n) is 7.98. The molecule has 1 aliphatic rings. The number of ether oxygens (including phenoxy) is 1. The van der Waals surface area contributed by atoms with Crippen molar-refractivity contribution in [3.05, 3.63) is 94.9 Å². The fraction of sp³-hybridized carbons (Fsp3) is 0.154. The Bertz CT molecular complexity index is 1400. The van der Waals surface area contributed by atoms with Crippen molar-refractivity contribution >= 4 is 29.1 Å². The number of pyridine rings is 1. The highest BCUT2D eigenvalue weighted by molar-refractivity contribution is 6.30. The summed E-state index contributed by atoms with van der Waals surface area (Å²) in [5.41, 5.74) is 3.46. The second-order valence-corrected chi connectivity index (χ2v) is 8.41. The molecule has 2 N–H and O–H groups in total. The summed E-state index contributed by atoms with van der Waals surface area (Å²) in [6.45, 7) is 4.37. The number of carbonyl (C=O) groups excluding carboxylic acids is 1. The first kappa shape index (κ1) is 22.6. The molecule has 176 valence electrons. The number of hydrogen-bond acceptors (Lipinski definition) is 6. The Morgan fingerprint density at radius 1 is 1.17 bits per heavy atom. The van der Waals surface area contributed by atoms with E-state index in [-0.39, 0.29) is 5.91 Å². The van der Waals surface area contributed by atoms with E-state index < -0.39 is 6.04 Å². The van der Waals surface area contributed by atoms with Crippen molar-refractivity contribution < 1.29 is 9.53 Å². The van der Waals surface area contributed by atoms with Gasteiger partial charge in [0.05, 0.1) is 24.1 Å². The summed E-state index contributed by atoms with van der Waals surface area (Å²) in [6, 6.07) is 18.1. The van der Waals surface area contributed by atoms with Crippen molar-refractivity contribution in [3.63, 3.8) is 0 Å². The number of aromatic nitrogens is 4. The Morgan fingerprint density at radius 3 is 2.71 bits per heavy atom. The number of benzene rings is 2. The van der Waals surface area contributed by atoms with Crippen LogP contribution in [0.15, 0.2) is 84.3 Å². The monoisotopic (exact) mass is 486 g/mol. The molecular weight excluding hydrogens is 464 g/mol. The molecule has 0 spiro atoms. The van der Waals surface area contributed by atoms with Crippen LogP contribution in [-0.2, 0) is 4.79 Å². The largest absolute Gasteiger partial charge is 0.494 e. The summed E-state index contributed by atoms with van der Waals surface area (Å²) >= 11 is 6.20. The minimum Gasteiger partial charge on any atom is -0.494 e. The number of hydrogen-bond donors (Lipinski definition) is 2. The van der Waals surface area contributed by atoms with Crippen LogP contribution >= 0.6 is 11.6 Å². The van der Waals surface area contributed by atoms with E-state index in [2.05, 4.69) is 15.6 Å². The Balaban J connectivity index is 1.59. The van der Waals surface area contributed by atoms with Crippen molar-refractivity contribution in [1.82, 2.24) is 19.7 Å². The second kappa shape index (κ2) is 9.60. The molecule has 1 unspecified atom stereocenters. The Labute approximate surface area is 207 Å². The van der Waals surface area contributed by atoms with Gasteiger partial charge in [-0.25, -0.2) is 4.68 Å². The molecule has 2 aromatic carbocycles. The summed E-state index contributed by atoms with van der Waals surface area (Å²) in [6.07, 6.45) is 3.26. The van der Waals surface area contributed by atoms with Crippen molar-refractivity contribution in [2.24, 2.45) is 0 Å². The zero-order valence-electron chi connectivity index (χ0n) is 19.2. The molecular formula is C26H23ClN6O2. The molecule has 3 heterocycles. The molecule has 9 heteroatoms. The van der Waals surface area contributed by atoms with Gasteiger partial charge >= 0.3 is 0 Å². The third-order valence-corrected chi connectivity index (χ3v) is 5.84. The van der Waals surface area contributed by atoms with Gasteiger partial charge < -0.3 is 15.4 Å². The van der Waals surface area contributed by atoms with Crippen molar-refractivity contribution in [1.29, 1.82) is 0 Å². The maximum Gasteiger partial charge on any atom is 0.255 e. The molecule has 4 aromatic rings. The fourth-order valence-corrected chi connectivity index (χ4v) is 4.24. The molecule has 0 radical (unpaired) electrons. The summed E-state index contributed by atoms with van der Waals surface area (Å²) < 4.78 is 7.34. The van der Waals surface area contributed by atoms with E-state index in [1.165, 1.54) is 0 Å². The van der Waals surface area contributed by atoms with Crippen molar-refractivity contribution in [2.75, 3.05) is 17.2 Å². The van der Waals surface area contributed by atoms with Crippen molar-refractivity contribution in [2.45, 2.75) is 19.9 Å². The highest BCUT2D eigenvalue weighted by atomic mass is 35.5. The predicted molar refractivity (Wildman–Crippen MR) is 135 cm³/mol. The van der Waals surface area contributed by atoms with Gasteiger partial charge in [0, 0.05) is 22.5 Å². The number of anilines is 2. The third-order valence-electron chi connectivity index (χ3n) is 5.61. The van der Waals surface area contributed by atoms with E-state index in [1.54, 1.807) is 35.3 Å². The van der Waals surface area contributed by atoms with E-state index in [0.29, 0.717) is 40.4 Å². The van der Waals surface area contributed by atoms with E-state index in [9.17, 15) is 4.79 Å². The molecule has 0 saturated heterocycles. The third kappa shape index (κ3) is 4.61. The van der Waals surface area contributed by atoms with Gasteiger partial charge in [-0.15, -0.1) is 5.10 Å². The number of carbonyl (C=O) groups is 1. The van der Waals surface area contributed by atoms with Gasteiger partial charge in [-0.1, -0.05) is 35.9 Å². The predicted octanol–water partition coefficient (Wildman–Crippen LogP) is 5.32. The van der Waals surface area contributed by atoms with Gasteiger partial charge in [0.25, 0.3) is 5.91 Å². The maximum absolute atomic E-state index is 13.5. The Kier molecular flexibility index (Phi) is 6.20. The maximum atomic E-state index is 13.5. The van der Waals surface area contributed by atoms with Crippen LogP contribution in [0.1, 0.15) is 25.5 Å². The number of halogens is 1. The number of amides is 1. The standard InChI is InChI=1S/C26H23ClN6O2/c1-3-35-21-11-9-17(10-12-21)23-22(25(34)30-20-8-5-13-28-15-20)16(2)29-26-31-24(32-33(23)26)18-6-4-7-19(27)14-18/h4-15,23H,3H2,1-2H3,(H,30,34)(H,29,31,32). The lowest BCUT2D eigenvalue weighted by Gasteiger charge is -2.28. The Hall–Kier alpha value is -4.17. The average molecular weight is 487 g/mol. The number of nitrogens with zero attached hydrogens (tertiary/aromatic N) is 4. The van der Waals surface area contributed by atoms with Gasteiger partial charge in [-0.05, 0) is 55.8 Å². The number of allylic oxidation sites excluding steroid dienone is 1. The van der Waals surface area contributed by atoms with Crippen LogP contribution in [0.4, 0.5) is 11.6 Å². The molecule has 1 amide bonds. The topological polar surface area (TPSA) is 94.0 Å². The summed E-state index contributed by atoms with van der Waals surface area (Å²) in [4.78, 5) is 22.3. The van der Waals surface area contributed by atoms with E-state index >= 15 is 0 Å². The molecule has 0 fully saturated rings. The smallest absolute Gasteiger partial charge is 0.255 e. The minimum atomic E-state index is -0.515. The minimum absolute atomic E-state index is 0.257. The lowest BCUT2D eigenvalue weighted by Crippen LogP contribution is -2.31. The van der Waals surface area contributed by atoms with E-state index in [1.807, 2.05) is 56.3 Å². The summed E-state index contributed by atoms with van der Waals surface area (Å²) in [5, 5.41) is 11.6. The molecule has 0 bridgehead atoms. The van der Waals surface area contributed by atoms with Gasteiger partial charge in [0.15, 0.2) is 5.82 Å². The zero-order chi connectivity index (χ0) is 24.4. The van der Waals surface area contributed by atoms with Crippen LogP contribution in [0.3, 0.4) is 0 Å². The molecule has 0 aliphatic carbocycles. The van der Waals surface area contributed by atoms with Crippen LogP contribution in [0.5, 0.6) is 5.75 Å². The summed E-state index contributed by atoms with van der Waals surface area (Å²) in [5.74, 6) is 1.54. The lowest BCUT2D eigenvalue weighted by atomic mass is 9.95. The Morgan fingerprint density at radius 2 is 2.00 bits per heavy atom. The zero-order valence-corrected chi connectivity index (χ0v) is 20.0. The van der Waals surface area contributed by atoms with Crippen LogP contribution in [0.2, 0.25) is 5.02 Å². The van der Waals surface area contributed by atoms with Gasteiger partial charge in [-0.2, -0.15) is 4.98 Å². The highest BCUT2D eigenvalue weighted by Crippen LogP contribution is 2.37. The lowest BCUT2D eigenvalue weighted by molar-refractivity contribution is -0.113. The normalized spacial score (nSPS) is 14.8. The first-order valence-corrected chi connectivity index (χ1v) is 11.6. The molecule has 8 nitrogen and oxygen atoms in total. The molecule has 1 atom stereocenters. The molecule has 1 aliphatic heterocycles. The van der Waals surface area contributed by atoms with E-state index in [0.717, 1.165) is 16.9 Å². The summed E-state index contributed by atoms with van der Waals surface area (Å²) in [7, 11) is 0. The first-order valence-electron chi connectivity index (χ1n) is 11.2. The van der Waals surface area contributed by atoms with Crippen LogP contribution < -0.4 is 15.4 Å². The van der Waals surface area contributed by atoms with E-state index in [4.69, 9.17) is 26.4 Å². The average Bonchev–Trinajstić information content (AvgIpc) is 3.28. The first-order chi connectivity index (χ1) is 17.0. The van der Waals surface area contributed by atoms with Gasteiger partial charge in [0.2, 0.25) is 5.95 Å². The van der Waals surface area contributed by atoms with Crippen molar-refractivity contribution in [3.8, 4) is 17.1 Å². The highest BCUT2D eigenvalue weighted by Gasteiger charge is 2.34. The molecule has 35 heavy (non-hydrogen) atoms. The van der Waals surface area contributed by atoms with Crippen LogP contribution in [0.25, 0.3) is 11.4 Å². The number of fused-ring (bicyclic) bond motifs is 1. The number of nitrogens with one attached hydrogen (secondary N) is 2. The quantitative estimate of drug-likeness (QED) is 0.383. The molecule has 2 aromatic heterocycles. The number of rotatable bonds is 6. The van der Waals surface area contributed by atoms with Gasteiger partial charge in [-0.3, -0.25) is 9.78 Å². The van der Waals surface area contributed by atoms with Crippen LogP contribution in [0, 0.1) is 0 Å². The van der Waals surface area contributed by atoms with Crippen LogP contribution in [-0.4, -0.2) is 32.3 Å². The van der Waals surface area contributed by atoms with Gasteiger partial charge in [0.1, 0.15) is 11.8 Å². The fourth-order valence-electron chi connectivity index (χ4n) is 4.05. The molecule has 0 saturated carbocycles. The molecule has 5 rings (SSSR count). The SMILES string of the molecule is CCOc1ccc(C2C(C(=O)Nc3cccnc3)=C(C)Nc3nc(-c4cccc(Cl)c4)nn32)cc1.